The van der Waals surface area contributed by atoms with Crippen molar-refractivity contribution in [2.45, 2.75) is 37.8 Å². The van der Waals surface area contributed by atoms with Crippen LogP contribution in [-0.4, -0.2) is 11.1 Å². The summed E-state index contributed by atoms with van der Waals surface area (Å²) in [5.41, 5.74) is 7.36. The highest BCUT2D eigenvalue weighted by molar-refractivity contribution is 5.29. The van der Waals surface area contributed by atoms with Crippen LogP contribution in [0.2, 0.25) is 0 Å². The molecule has 0 unspecified atom stereocenters. The quantitative estimate of drug-likeness (QED) is 0.745. The van der Waals surface area contributed by atoms with Crippen LogP contribution in [-0.2, 0) is 12.0 Å². The molecule has 0 radical (unpaired) electrons. The van der Waals surface area contributed by atoms with Gasteiger partial charge in [0.1, 0.15) is 0 Å². The Kier molecular flexibility index (Phi) is 2.33. The predicted octanol–water partition coefficient (Wildman–Crippen LogP) is 1.56. The van der Waals surface area contributed by atoms with Crippen LogP contribution < -0.4 is 5.73 Å². The van der Waals surface area contributed by atoms with Crippen LogP contribution in [0, 0.1) is 0 Å². The van der Waals surface area contributed by atoms with Crippen LogP contribution in [0.15, 0.2) is 24.3 Å². The molecule has 1 saturated carbocycles. The van der Waals surface area contributed by atoms with E-state index in [-0.39, 0.29) is 6.04 Å². The lowest BCUT2D eigenvalue weighted by Gasteiger charge is -2.42. The summed E-state index contributed by atoms with van der Waals surface area (Å²) in [6.07, 6.45) is 2.43. The summed E-state index contributed by atoms with van der Waals surface area (Å²) in [4.78, 5) is 0. The Morgan fingerprint density at radius 1 is 1.36 bits per heavy atom. The van der Waals surface area contributed by atoms with Crippen LogP contribution in [0.25, 0.3) is 0 Å². The van der Waals surface area contributed by atoms with Crippen LogP contribution in [0.5, 0.6) is 0 Å². The van der Waals surface area contributed by atoms with Crippen molar-refractivity contribution in [2.24, 2.45) is 5.73 Å². The van der Waals surface area contributed by atoms with Gasteiger partial charge in [-0.3, -0.25) is 0 Å². The summed E-state index contributed by atoms with van der Waals surface area (Å²) in [7, 11) is 0. The highest BCUT2D eigenvalue weighted by atomic mass is 16.3. The number of aryl methyl sites for hydroxylation is 1. The first-order chi connectivity index (χ1) is 6.64. The maximum absolute atomic E-state index is 10.1. The maximum atomic E-state index is 10.1. The van der Waals surface area contributed by atoms with Gasteiger partial charge < -0.3 is 10.8 Å². The van der Waals surface area contributed by atoms with Gasteiger partial charge in [-0.2, -0.15) is 0 Å². The molecule has 0 aliphatic heterocycles. The molecule has 0 atom stereocenters. The van der Waals surface area contributed by atoms with Crippen molar-refractivity contribution in [1.82, 2.24) is 0 Å². The van der Waals surface area contributed by atoms with E-state index in [1.165, 1.54) is 5.56 Å². The molecule has 0 aromatic heterocycles. The number of nitrogens with two attached hydrogens (primary N) is 1. The van der Waals surface area contributed by atoms with Gasteiger partial charge in [0, 0.05) is 6.04 Å². The van der Waals surface area contributed by atoms with E-state index >= 15 is 0 Å². The van der Waals surface area contributed by atoms with Crippen molar-refractivity contribution >= 4 is 0 Å². The van der Waals surface area contributed by atoms with E-state index in [2.05, 4.69) is 19.1 Å². The molecular weight excluding hydrogens is 174 g/mol. The van der Waals surface area contributed by atoms with E-state index in [4.69, 9.17) is 5.73 Å². The molecule has 0 heterocycles. The first-order valence-electron chi connectivity index (χ1n) is 5.21. The first-order valence-corrected chi connectivity index (χ1v) is 5.21. The lowest BCUT2D eigenvalue weighted by molar-refractivity contribution is -0.0522. The molecule has 0 saturated heterocycles. The average molecular weight is 191 g/mol. The standard InChI is InChI=1S/C12H17NO/c1-2-9-3-5-10(6-4-9)12(14)7-11(13)8-12/h3-6,11,14H,2,7-8,13H2,1H3. The summed E-state index contributed by atoms with van der Waals surface area (Å²) in [5, 5.41) is 10.1. The van der Waals surface area contributed by atoms with E-state index < -0.39 is 5.60 Å². The molecule has 0 amide bonds. The predicted molar refractivity (Wildman–Crippen MR) is 56.9 cm³/mol. The SMILES string of the molecule is CCc1ccc(C2(O)CC(N)C2)cc1. The maximum Gasteiger partial charge on any atom is 0.0926 e. The van der Waals surface area contributed by atoms with Gasteiger partial charge >= 0.3 is 0 Å². The van der Waals surface area contributed by atoms with Gasteiger partial charge in [0.2, 0.25) is 0 Å². The number of rotatable bonds is 2. The number of benzene rings is 1. The molecule has 1 aliphatic carbocycles. The third kappa shape index (κ3) is 1.56. The largest absolute Gasteiger partial charge is 0.385 e. The summed E-state index contributed by atoms with van der Waals surface area (Å²) >= 11 is 0. The monoisotopic (exact) mass is 191 g/mol. The summed E-state index contributed by atoms with van der Waals surface area (Å²) in [6.45, 7) is 2.13. The fraction of sp³-hybridized carbons (Fsp3) is 0.500. The first kappa shape index (κ1) is 9.69. The zero-order valence-corrected chi connectivity index (χ0v) is 8.53. The molecule has 2 heteroatoms. The van der Waals surface area contributed by atoms with Gasteiger partial charge in [-0.25, -0.2) is 0 Å². The molecule has 0 bridgehead atoms. The Balaban J connectivity index is 2.17. The average Bonchev–Trinajstić information content (AvgIpc) is 2.16. The molecule has 1 aromatic rings. The van der Waals surface area contributed by atoms with Crippen molar-refractivity contribution < 1.29 is 5.11 Å². The molecule has 1 aromatic carbocycles. The summed E-state index contributed by atoms with van der Waals surface area (Å²) in [6, 6.07) is 8.37. The molecule has 0 spiro atoms. The zero-order valence-electron chi connectivity index (χ0n) is 8.53. The van der Waals surface area contributed by atoms with Gasteiger partial charge in [0.15, 0.2) is 0 Å². The number of hydrogen-bond donors (Lipinski definition) is 2. The Hall–Kier alpha value is -0.860. The fourth-order valence-corrected chi connectivity index (χ4v) is 2.09. The highest BCUT2D eigenvalue weighted by Crippen LogP contribution is 2.40. The molecule has 1 fully saturated rings. The molecule has 76 valence electrons. The van der Waals surface area contributed by atoms with E-state index in [0.29, 0.717) is 12.8 Å². The topological polar surface area (TPSA) is 46.2 Å². The van der Waals surface area contributed by atoms with E-state index in [1.807, 2.05) is 12.1 Å². The van der Waals surface area contributed by atoms with E-state index in [9.17, 15) is 5.11 Å². The minimum Gasteiger partial charge on any atom is -0.385 e. The zero-order chi connectivity index (χ0) is 10.2. The van der Waals surface area contributed by atoms with Gasteiger partial charge in [-0.15, -0.1) is 0 Å². The molecule has 1 aliphatic rings. The molecular formula is C12H17NO. The van der Waals surface area contributed by atoms with Gasteiger partial charge in [0.05, 0.1) is 5.60 Å². The van der Waals surface area contributed by atoms with Gasteiger partial charge in [0.25, 0.3) is 0 Å². The smallest absolute Gasteiger partial charge is 0.0926 e. The fourth-order valence-electron chi connectivity index (χ4n) is 2.09. The second-order valence-electron chi connectivity index (χ2n) is 4.25. The van der Waals surface area contributed by atoms with Gasteiger partial charge in [-0.05, 0) is 30.4 Å². The second kappa shape index (κ2) is 3.37. The van der Waals surface area contributed by atoms with Crippen molar-refractivity contribution in [1.29, 1.82) is 0 Å². The normalized spacial score (nSPS) is 31.2. The lowest BCUT2D eigenvalue weighted by Crippen LogP contribution is -2.49. The van der Waals surface area contributed by atoms with Crippen LogP contribution in [0.4, 0.5) is 0 Å². The van der Waals surface area contributed by atoms with Gasteiger partial charge in [-0.1, -0.05) is 31.2 Å². The van der Waals surface area contributed by atoms with Crippen molar-refractivity contribution in [2.75, 3.05) is 0 Å². The van der Waals surface area contributed by atoms with Crippen molar-refractivity contribution in [3.8, 4) is 0 Å². The van der Waals surface area contributed by atoms with Crippen LogP contribution >= 0.6 is 0 Å². The molecule has 14 heavy (non-hydrogen) atoms. The molecule has 2 nitrogen and oxygen atoms in total. The summed E-state index contributed by atoms with van der Waals surface area (Å²) in [5.74, 6) is 0. The Morgan fingerprint density at radius 3 is 2.36 bits per heavy atom. The van der Waals surface area contributed by atoms with Crippen molar-refractivity contribution in [3.63, 3.8) is 0 Å². The lowest BCUT2D eigenvalue weighted by atomic mass is 9.72. The third-order valence-corrected chi connectivity index (χ3v) is 3.10. The van der Waals surface area contributed by atoms with Crippen LogP contribution in [0.1, 0.15) is 30.9 Å². The number of hydrogen-bond acceptors (Lipinski definition) is 2. The Bertz CT molecular complexity index is 312. The molecule has 3 N–H and O–H groups in total. The molecule has 2 rings (SSSR count). The third-order valence-electron chi connectivity index (χ3n) is 3.10. The number of aliphatic hydroxyl groups is 1. The van der Waals surface area contributed by atoms with Crippen molar-refractivity contribution in [3.05, 3.63) is 35.4 Å². The summed E-state index contributed by atoms with van der Waals surface area (Å²) < 4.78 is 0. The highest BCUT2D eigenvalue weighted by Gasteiger charge is 2.41. The van der Waals surface area contributed by atoms with E-state index in [1.54, 1.807) is 0 Å². The Morgan fingerprint density at radius 2 is 1.93 bits per heavy atom. The minimum absolute atomic E-state index is 0.172. The van der Waals surface area contributed by atoms with E-state index in [0.717, 1.165) is 12.0 Å². The second-order valence-corrected chi connectivity index (χ2v) is 4.25. The Labute approximate surface area is 84.7 Å². The minimum atomic E-state index is -0.647. The van der Waals surface area contributed by atoms with Crippen LogP contribution in [0.3, 0.4) is 0 Å².